The number of amides is 2. The molecule has 1 unspecified atom stereocenters. The lowest BCUT2D eigenvalue weighted by atomic mass is 9.81. The number of alkyl halides is 1. The summed E-state index contributed by atoms with van der Waals surface area (Å²) in [4.78, 5) is 28.1. The molecule has 3 rings (SSSR count). The molecule has 1 aromatic rings. The number of hydrogen-bond acceptors (Lipinski definition) is 3. The van der Waals surface area contributed by atoms with E-state index in [9.17, 15) is 9.59 Å². The van der Waals surface area contributed by atoms with Gasteiger partial charge in [-0.1, -0.05) is 18.2 Å². The number of halogens is 1. The number of carbonyl (C=O) groups excluding carboxylic acids is 2. The number of hydrogen-bond donors (Lipinski definition) is 0. The third-order valence-electron chi connectivity index (χ3n) is 5.18. The Morgan fingerprint density at radius 2 is 1.85 bits per heavy atom. The molecule has 142 valence electrons. The molecule has 0 spiro atoms. The van der Waals surface area contributed by atoms with E-state index < -0.39 is 5.60 Å². The lowest BCUT2D eigenvalue weighted by Gasteiger charge is -2.35. The summed E-state index contributed by atoms with van der Waals surface area (Å²) in [6.07, 6.45) is 1.60. The zero-order valence-electron chi connectivity index (χ0n) is 15.7. The van der Waals surface area contributed by atoms with Crippen LogP contribution in [0.25, 0.3) is 0 Å². The van der Waals surface area contributed by atoms with Crippen molar-refractivity contribution in [3.05, 3.63) is 29.8 Å². The highest BCUT2D eigenvalue weighted by atomic mass is 35.5. The smallest absolute Gasteiger partial charge is 0.410 e. The number of para-hydroxylation sites is 1. The molecule has 1 saturated heterocycles. The fourth-order valence-corrected chi connectivity index (χ4v) is 4.11. The van der Waals surface area contributed by atoms with Crippen molar-refractivity contribution in [1.82, 2.24) is 4.90 Å². The number of nitrogens with zero attached hydrogens (tertiary/aromatic N) is 2. The maximum Gasteiger partial charge on any atom is 0.410 e. The van der Waals surface area contributed by atoms with Crippen LogP contribution < -0.4 is 4.90 Å². The van der Waals surface area contributed by atoms with Gasteiger partial charge in [-0.15, -0.1) is 11.6 Å². The van der Waals surface area contributed by atoms with Crippen LogP contribution in [0.5, 0.6) is 0 Å². The van der Waals surface area contributed by atoms with E-state index in [2.05, 4.69) is 6.07 Å². The van der Waals surface area contributed by atoms with E-state index >= 15 is 0 Å². The van der Waals surface area contributed by atoms with Gasteiger partial charge in [0.1, 0.15) is 11.5 Å². The Morgan fingerprint density at radius 1 is 1.19 bits per heavy atom. The van der Waals surface area contributed by atoms with Crippen LogP contribution in [0.1, 0.15) is 45.1 Å². The number of carbonyl (C=O) groups is 2. The van der Waals surface area contributed by atoms with Crippen LogP contribution in [0.2, 0.25) is 0 Å². The largest absolute Gasteiger partial charge is 0.444 e. The quantitative estimate of drug-likeness (QED) is 0.731. The molecule has 0 aromatic heterocycles. The highest BCUT2D eigenvalue weighted by Gasteiger charge is 2.38. The minimum Gasteiger partial charge on any atom is -0.444 e. The maximum atomic E-state index is 12.3. The Balaban J connectivity index is 1.67. The molecule has 2 aliphatic rings. The number of benzene rings is 1. The third-order valence-corrected chi connectivity index (χ3v) is 5.41. The summed E-state index contributed by atoms with van der Waals surface area (Å²) in [7, 11) is 0. The van der Waals surface area contributed by atoms with Gasteiger partial charge in [-0.05, 0) is 51.2 Å². The molecule has 5 nitrogen and oxygen atoms in total. The fraction of sp³-hybridized carbons (Fsp3) is 0.600. The van der Waals surface area contributed by atoms with E-state index in [1.165, 1.54) is 5.56 Å². The topological polar surface area (TPSA) is 49.9 Å². The van der Waals surface area contributed by atoms with Crippen molar-refractivity contribution < 1.29 is 14.3 Å². The van der Waals surface area contributed by atoms with Gasteiger partial charge < -0.3 is 14.5 Å². The molecule has 2 aliphatic heterocycles. The Kier molecular flexibility index (Phi) is 5.47. The summed E-state index contributed by atoms with van der Waals surface area (Å²) in [5, 5.41) is 0. The highest BCUT2D eigenvalue weighted by molar-refractivity contribution is 6.29. The maximum absolute atomic E-state index is 12.3. The first kappa shape index (κ1) is 19.0. The predicted octanol–water partition coefficient (Wildman–Crippen LogP) is 4.00. The zero-order chi connectivity index (χ0) is 18.9. The lowest BCUT2D eigenvalue weighted by Crippen LogP contribution is -2.43. The molecule has 0 N–H and O–H groups in total. The number of fused-ring (bicyclic) bond motifs is 1. The Labute approximate surface area is 160 Å². The number of rotatable bonds is 2. The van der Waals surface area contributed by atoms with Crippen LogP contribution in [0.4, 0.5) is 10.5 Å². The van der Waals surface area contributed by atoms with E-state index in [0.29, 0.717) is 31.5 Å². The molecule has 1 fully saturated rings. The Morgan fingerprint density at radius 3 is 2.46 bits per heavy atom. The van der Waals surface area contributed by atoms with Gasteiger partial charge in [-0.2, -0.15) is 0 Å². The van der Waals surface area contributed by atoms with Crippen LogP contribution in [0, 0.1) is 5.92 Å². The van der Waals surface area contributed by atoms with Gasteiger partial charge in [0.2, 0.25) is 5.91 Å². The summed E-state index contributed by atoms with van der Waals surface area (Å²) in [6, 6.07) is 8.09. The summed E-state index contributed by atoms with van der Waals surface area (Å²) >= 11 is 5.79. The monoisotopic (exact) mass is 378 g/mol. The zero-order valence-corrected chi connectivity index (χ0v) is 16.5. The normalized spacial score (nSPS) is 20.8. The number of likely N-dealkylation sites (tertiary alicyclic amines) is 1. The number of anilines is 1. The lowest BCUT2D eigenvalue weighted by molar-refractivity contribution is -0.116. The van der Waals surface area contributed by atoms with E-state index in [0.717, 1.165) is 18.5 Å². The minimum absolute atomic E-state index is 0.00184. The van der Waals surface area contributed by atoms with Crippen LogP contribution in [0.15, 0.2) is 24.3 Å². The van der Waals surface area contributed by atoms with E-state index in [1.807, 2.05) is 43.9 Å². The molecule has 26 heavy (non-hydrogen) atoms. The van der Waals surface area contributed by atoms with Gasteiger partial charge in [0.25, 0.3) is 0 Å². The van der Waals surface area contributed by atoms with Crippen LogP contribution in [-0.4, -0.2) is 48.0 Å². The molecule has 0 saturated carbocycles. The average molecular weight is 379 g/mol. The highest BCUT2D eigenvalue weighted by Crippen LogP contribution is 2.43. The fourth-order valence-electron chi connectivity index (χ4n) is 3.96. The Bertz CT molecular complexity index is 678. The SMILES string of the molecule is CC(C)(C)OC(=O)N1CCC(C2CN(C(=O)CCl)c3ccccc32)CC1. The van der Waals surface area contributed by atoms with Crippen molar-refractivity contribution in [1.29, 1.82) is 0 Å². The van der Waals surface area contributed by atoms with E-state index in [-0.39, 0.29) is 17.9 Å². The first-order valence-electron chi connectivity index (χ1n) is 9.23. The second kappa shape index (κ2) is 7.47. The summed E-state index contributed by atoms with van der Waals surface area (Å²) in [6.45, 7) is 7.73. The molecule has 0 radical (unpaired) electrons. The summed E-state index contributed by atoms with van der Waals surface area (Å²) < 4.78 is 5.48. The van der Waals surface area contributed by atoms with Crippen molar-refractivity contribution in [3.63, 3.8) is 0 Å². The van der Waals surface area contributed by atoms with Gasteiger partial charge in [-0.25, -0.2) is 4.79 Å². The summed E-state index contributed by atoms with van der Waals surface area (Å²) in [5.41, 5.74) is 1.74. The van der Waals surface area contributed by atoms with Crippen molar-refractivity contribution in [2.75, 3.05) is 30.4 Å². The van der Waals surface area contributed by atoms with E-state index in [1.54, 1.807) is 4.90 Å². The molecule has 1 atom stereocenters. The van der Waals surface area contributed by atoms with Crippen LogP contribution >= 0.6 is 11.6 Å². The van der Waals surface area contributed by atoms with Gasteiger partial charge >= 0.3 is 6.09 Å². The Hall–Kier alpha value is -1.75. The molecule has 1 aromatic carbocycles. The number of piperidine rings is 1. The average Bonchev–Trinajstić information content (AvgIpc) is 2.99. The molecular weight excluding hydrogens is 352 g/mol. The molecular formula is C20H27ClN2O3. The minimum atomic E-state index is -0.471. The van der Waals surface area contributed by atoms with Crippen molar-refractivity contribution >= 4 is 29.3 Å². The first-order valence-corrected chi connectivity index (χ1v) is 9.77. The molecule has 0 aliphatic carbocycles. The van der Waals surface area contributed by atoms with E-state index in [4.69, 9.17) is 16.3 Å². The van der Waals surface area contributed by atoms with Gasteiger partial charge in [-0.3, -0.25) is 4.79 Å². The second-order valence-corrected chi connectivity index (χ2v) is 8.38. The molecule has 0 bridgehead atoms. The van der Waals surface area contributed by atoms with Gasteiger partial charge in [0.05, 0.1) is 0 Å². The molecule has 2 heterocycles. The third kappa shape index (κ3) is 3.98. The van der Waals surface area contributed by atoms with Gasteiger partial charge in [0.15, 0.2) is 0 Å². The van der Waals surface area contributed by atoms with Crippen LogP contribution in [0.3, 0.4) is 0 Å². The molecule has 2 amide bonds. The first-order chi connectivity index (χ1) is 12.3. The predicted molar refractivity (Wildman–Crippen MR) is 103 cm³/mol. The van der Waals surface area contributed by atoms with Crippen LogP contribution in [-0.2, 0) is 9.53 Å². The van der Waals surface area contributed by atoms with Crippen molar-refractivity contribution in [2.24, 2.45) is 5.92 Å². The second-order valence-electron chi connectivity index (χ2n) is 8.11. The summed E-state index contributed by atoms with van der Waals surface area (Å²) in [5.74, 6) is 0.702. The molecule has 6 heteroatoms. The number of ether oxygens (including phenoxy) is 1. The van der Waals surface area contributed by atoms with Crippen molar-refractivity contribution in [3.8, 4) is 0 Å². The van der Waals surface area contributed by atoms with Crippen molar-refractivity contribution in [2.45, 2.75) is 45.1 Å². The standard InChI is InChI=1S/C20H27ClN2O3/c1-20(2,3)26-19(25)22-10-8-14(9-11-22)16-13-23(18(24)12-21)17-7-5-4-6-15(16)17/h4-7,14,16H,8-13H2,1-3H3. The van der Waals surface area contributed by atoms with Gasteiger partial charge in [0, 0.05) is 31.2 Å².